The maximum atomic E-state index is 11.8. The van der Waals surface area contributed by atoms with Gasteiger partial charge in [0.25, 0.3) is 5.91 Å². The Kier molecular flexibility index (Phi) is 5.61. The molecule has 1 amide bonds. The van der Waals surface area contributed by atoms with E-state index in [1.54, 1.807) is 18.5 Å². The Morgan fingerprint density at radius 1 is 1.35 bits per heavy atom. The molecule has 5 nitrogen and oxygen atoms in total. The molecule has 1 unspecified atom stereocenters. The van der Waals surface area contributed by atoms with Gasteiger partial charge in [0.1, 0.15) is 0 Å². The first-order chi connectivity index (χ1) is 9.69. The van der Waals surface area contributed by atoms with Crippen LogP contribution < -0.4 is 5.32 Å². The summed E-state index contributed by atoms with van der Waals surface area (Å²) in [5, 5.41) is 3.00. The predicted molar refractivity (Wildman–Crippen MR) is 80.8 cm³/mol. The Hall–Kier alpha value is -1.33. The first kappa shape index (κ1) is 15.1. The number of likely N-dealkylation sites (N-methyl/N-ethyl adjacent to an activating group) is 1. The minimum atomic E-state index is 0.00824. The average molecular weight is 278 g/mol. The molecule has 0 bridgehead atoms. The van der Waals surface area contributed by atoms with Gasteiger partial charge in [-0.05, 0) is 18.5 Å². The number of nitrogens with one attached hydrogen (secondary N) is 2. The second-order valence-electron chi connectivity index (χ2n) is 5.65. The highest BCUT2D eigenvalue weighted by Gasteiger charge is 2.17. The Labute approximate surface area is 121 Å². The molecule has 1 saturated heterocycles. The summed E-state index contributed by atoms with van der Waals surface area (Å²) < 4.78 is 0. The summed E-state index contributed by atoms with van der Waals surface area (Å²) in [6, 6.07) is 1.80. The molecule has 1 aromatic heterocycles. The number of aromatic nitrogens is 1. The van der Waals surface area contributed by atoms with Gasteiger partial charge in [-0.25, -0.2) is 0 Å². The second kappa shape index (κ2) is 7.45. The van der Waals surface area contributed by atoms with E-state index >= 15 is 0 Å². The molecule has 0 saturated carbocycles. The zero-order valence-electron chi connectivity index (χ0n) is 12.6. The minimum Gasteiger partial charge on any atom is -0.367 e. The average Bonchev–Trinajstić information content (AvgIpc) is 3.00. The van der Waals surface area contributed by atoms with Crippen LogP contribution in [0.4, 0.5) is 0 Å². The molecule has 0 spiro atoms. The van der Waals surface area contributed by atoms with E-state index in [-0.39, 0.29) is 5.91 Å². The van der Waals surface area contributed by atoms with Crippen LogP contribution in [0.3, 0.4) is 0 Å². The summed E-state index contributed by atoms with van der Waals surface area (Å²) in [6.45, 7) is 12.0. The number of amides is 1. The lowest BCUT2D eigenvalue weighted by Gasteiger charge is -2.35. The van der Waals surface area contributed by atoms with Gasteiger partial charge in [-0.1, -0.05) is 13.8 Å². The van der Waals surface area contributed by atoms with E-state index in [0.717, 1.165) is 32.7 Å². The molecule has 0 aromatic carbocycles. The van der Waals surface area contributed by atoms with Crippen LogP contribution in [0, 0.1) is 5.92 Å². The lowest BCUT2D eigenvalue weighted by Crippen LogP contribution is -2.48. The predicted octanol–water partition coefficient (Wildman–Crippen LogP) is 1.02. The van der Waals surface area contributed by atoms with Crippen LogP contribution in [-0.4, -0.2) is 66.5 Å². The number of carbonyl (C=O) groups is 1. The van der Waals surface area contributed by atoms with Crippen LogP contribution in [-0.2, 0) is 0 Å². The first-order valence-electron chi connectivity index (χ1n) is 7.54. The third-order valence-corrected chi connectivity index (χ3v) is 3.95. The molecule has 2 N–H and O–H groups in total. The summed E-state index contributed by atoms with van der Waals surface area (Å²) in [6.07, 6.45) is 3.50. The monoisotopic (exact) mass is 278 g/mol. The SMILES string of the molecule is CCN1CCN(CC(C)CNC(=O)c2cc[nH]c2)CC1. The molecular formula is C15H26N4O. The van der Waals surface area contributed by atoms with Gasteiger partial charge in [-0.15, -0.1) is 0 Å². The lowest BCUT2D eigenvalue weighted by molar-refractivity contribution is 0.0934. The quantitative estimate of drug-likeness (QED) is 0.817. The van der Waals surface area contributed by atoms with Crippen molar-refractivity contribution >= 4 is 5.91 Å². The molecule has 1 aliphatic rings. The Morgan fingerprint density at radius 2 is 2.05 bits per heavy atom. The Bertz CT molecular complexity index is 396. The maximum absolute atomic E-state index is 11.8. The van der Waals surface area contributed by atoms with E-state index in [0.29, 0.717) is 11.5 Å². The molecule has 0 radical (unpaired) electrons. The Morgan fingerprint density at radius 3 is 2.65 bits per heavy atom. The van der Waals surface area contributed by atoms with E-state index in [1.807, 2.05) is 0 Å². The highest BCUT2D eigenvalue weighted by atomic mass is 16.1. The largest absolute Gasteiger partial charge is 0.367 e. The summed E-state index contributed by atoms with van der Waals surface area (Å²) in [5.41, 5.74) is 0.703. The molecule has 112 valence electrons. The zero-order valence-corrected chi connectivity index (χ0v) is 12.6. The van der Waals surface area contributed by atoms with E-state index in [4.69, 9.17) is 0 Å². The number of aromatic amines is 1. The van der Waals surface area contributed by atoms with Crippen LogP contribution in [0.25, 0.3) is 0 Å². The van der Waals surface area contributed by atoms with Gasteiger partial charge in [0, 0.05) is 51.7 Å². The van der Waals surface area contributed by atoms with Crippen molar-refractivity contribution in [2.75, 3.05) is 45.8 Å². The number of hydrogen-bond acceptors (Lipinski definition) is 3. The van der Waals surface area contributed by atoms with Gasteiger partial charge in [-0.3, -0.25) is 4.79 Å². The van der Waals surface area contributed by atoms with Crippen molar-refractivity contribution in [3.63, 3.8) is 0 Å². The highest BCUT2D eigenvalue weighted by molar-refractivity contribution is 5.93. The summed E-state index contributed by atoms with van der Waals surface area (Å²) in [4.78, 5) is 19.7. The molecule has 0 aliphatic carbocycles. The van der Waals surface area contributed by atoms with Gasteiger partial charge in [0.05, 0.1) is 5.56 Å². The van der Waals surface area contributed by atoms with Crippen LogP contribution in [0.2, 0.25) is 0 Å². The van der Waals surface area contributed by atoms with E-state index < -0.39 is 0 Å². The van der Waals surface area contributed by atoms with Crippen LogP contribution in [0.5, 0.6) is 0 Å². The van der Waals surface area contributed by atoms with Crippen molar-refractivity contribution < 1.29 is 4.79 Å². The van der Waals surface area contributed by atoms with Crippen LogP contribution in [0.1, 0.15) is 24.2 Å². The molecule has 1 aromatic rings. The number of piperazine rings is 1. The third-order valence-electron chi connectivity index (χ3n) is 3.95. The van der Waals surface area contributed by atoms with Crippen molar-refractivity contribution in [2.24, 2.45) is 5.92 Å². The topological polar surface area (TPSA) is 51.4 Å². The smallest absolute Gasteiger partial charge is 0.252 e. The van der Waals surface area contributed by atoms with Crippen molar-refractivity contribution in [1.82, 2.24) is 20.1 Å². The molecule has 1 aliphatic heterocycles. The fraction of sp³-hybridized carbons (Fsp3) is 0.667. The standard InChI is InChI=1S/C15H26N4O/c1-3-18-6-8-19(9-7-18)12-13(2)10-17-15(20)14-4-5-16-11-14/h4-5,11,13,16H,3,6-10,12H2,1-2H3,(H,17,20). The summed E-state index contributed by atoms with van der Waals surface area (Å²) in [7, 11) is 0. The van der Waals surface area contributed by atoms with Gasteiger partial charge < -0.3 is 20.1 Å². The van der Waals surface area contributed by atoms with E-state index in [1.165, 1.54) is 13.1 Å². The van der Waals surface area contributed by atoms with Gasteiger partial charge in [0.15, 0.2) is 0 Å². The van der Waals surface area contributed by atoms with Crippen molar-refractivity contribution in [3.8, 4) is 0 Å². The first-order valence-corrected chi connectivity index (χ1v) is 7.54. The maximum Gasteiger partial charge on any atom is 0.252 e. The highest BCUT2D eigenvalue weighted by Crippen LogP contribution is 2.05. The number of nitrogens with zero attached hydrogens (tertiary/aromatic N) is 2. The van der Waals surface area contributed by atoms with Gasteiger partial charge >= 0.3 is 0 Å². The number of hydrogen-bond donors (Lipinski definition) is 2. The summed E-state index contributed by atoms with van der Waals surface area (Å²) >= 11 is 0. The van der Waals surface area contributed by atoms with E-state index in [9.17, 15) is 4.79 Å². The van der Waals surface area contributed by atoms with Crippen molar-refractivity contribution in [3.05, 3.63) is 24.0 Å². The van der Waals surface area contributed by atoms with Crippen LogP contribution >= 0.6 is 0 Å². The number of H-pyrrole nitrogens is 1. The van der Waals surface area contributed by atoms with Crippen molar-refractivity contribution in [1.29, 1.82) is 0 Å². The van der Waals surface area contributed by atoms with E-state index in [2.05, 4.69) is 33.9 Å². The minimum absolute atomic E-state index is 0.00824. The molecule has 1 atom stereocenters. The molecule has 2 heterocycles. The fourth-order valence-corrected chi connectivity index (χ4v) is 2.63. The summed E-state index contributed by atoms with van der Waals surface area (Å²) in [5.74, 6) is 0.486. The molecular weight excluding hydrogens is 252 g/mol. The van der Waals surface area contributed by atoms with Gasteiger partial charge in [0.2, 0.25) is 0 Å². The third kappa shape index (κ3) is 4.35. The molecule has 2 rings (SSSR count). The molecule has 5 heteroatoms. The lowest BCUT2D eigenvalue weighted by atomic mass is 10.1. The number of carbonyl (C=O) groups excluding carboxylic acids is 1. The van der Waals surface area contributed by atoms with Gasteiger partial charge in [-0.2, -0.15) is 0 Å². The normalized spacial score (nSPS) is 18.9. The number of rotatable bonds is 6. The fourth-order valence-electron chi connectivity index (χ4n) is 2.63. The van der Waals surface area contributed by atoms with Crippen molar-refractivity contribution in [2.45, 2.75) is 13.8 Å². The Balaban J connectivity index is 1.65. The molecule has 1 fully saturated rings. The zero-order chi connectivity index (χ0) is 14.4. The van der Waals surface area contributed by atoms with Crippen LogP contribution in [0.15, 0.2) is 18.5 Å². The second-order valence-corrected chi connectivity index (χ2v) is 5.65. The molecule has 20 heavy (non-hydrogen) atoms.